The van der Waals surface area contributed by atoms with Crippen molar-refractivity contribution in [2.24, 2.45) is 5.92 Å². The number of likely N-dealkylation sites (tertiary alicyclic amines) is 1. The van der Waals surface area contributed by atoms with Crippen molar-refractivity contribution in [3.8, 4) is 0 Å². The molecule has 4 rings (SSSR count). The average molecular weight is 536 g/mol. The van der Waals surface area contributed by atoms with Crippen LogP contribution in [0.2, 0.25) is 0 Å². The molecule has 2 atom stereocenters. The minimum Gasteiger partial charge on any atom is -0.373 e. The third kappa shape index (κ3) is 6.56. The number of carbonyl (C=O) groups is 1. The Morgan fingerprint density at radius 2 is 1.37 bits per heavy atom. The van der Waals surface area contributed by atoms with Crippen molar-refractivity contribution in [2.45, 2.75) is 44.3 Å². The molecule has 2 unspecified atom stereocenters. The van der Waals surface area contributed by atoms with Gasteiger partial charge in [-0.05, 0) is 41.3 Å². The smallest absolute Gasteiger partial charge is 0.373 e. The first-order valence-electron chi connectivity index (χ1n) is 12.2. The number of nitrogens with zero attached hydrogens (tertiary/aromatic N) is 1. The first kappa shape index (κ1) is 27.7. The molecule has 202 valence electrons. The standard InChI is InChI=1S/C29H27F6NO2/c1-19(37)36-13-12-26(38-18-20-14-23(28(30,31)32)16-24(15-20)29(33,34)35)25(17-36)27(21-8-4-2-5-9-21)22-10-6-3-7-11-22/h2-11,14-16,25-27H,12-13,17-18H2,1H3. The van der Waals surface area contributed by atoms with Gasteiger partial charge in [-0.25, -0.2) is 0 Å². The Bertz CT molecular complexity index is 1160. The lowest BCUT2D eigenvalue weighted by molar-refractivity contribution is -0.143. The molecule has 0 aromatic heterocycles. The summed E-state index contributed by atoms with van der Waals surface area (Å²) < 4.78 is 86.2. The van der Waals surface area contributed by atoms with E-state index in [4.69, 9.17) is 4.74 Å². The van der Waals surface area contributed by atoms with Gasteiger partial charge in [0, 0.05) is 31.8 Å². The summed E-state index contributed by atoms with van der Waals surface area (Å²) in [4.78, 5) is 14.0. The number of amides is 1. The summed E-state index contributed by atoms with van der Waals surface area (Å²) in [5.74, 6) is -0.608. The molecular weight excluding hydrogens is 508 g/mol. The van der Waals surface area contributed by atoms with E-state index in [1.54, 1.807) is 4.90 Å². The highest BCUT2D eigenvalue weighted by atomic mass is 19.4. The van der Waals surface area contributed by atoms with Gasteiger partial charge >= 0.3 is 12.4 Å². The molecule has 0 radical (unpaired) electrons. The van der Waals surface area contributed by atoms with Gasteiger partial charge in [0.2, 0.25) is 5.91 Å². The maximum absolute atomic E-state index is 13.3. The Balaban J connectivity index is 1.68. The maximum atomic E-state index is 13.3. The number of halogens is 6. The van der Waals surface area contributed by atoms with Crippen LogP contribution in [-0.2, 0) is 28.5 Å². The monoisotopic (exact) mass is 535 g/mol. The number of piperidine rings is 1. The third-order valence-electron chi connectivity index (χ3n) is 6.89. The van der Waals surface area contributed by atoms with Crippen molar-refractivity contribution in [1.82, 2.24) is 4.90 Å². The quantitative estimate of drug-likeness (QED) is 0.310. The van der Waals surface area contributed by atoms with E-state index in [9.17, 15) is 31.1 Å². The first-order chi connectivity index (χ1) is 17.9. The molecule has 1 saturated heterocycles. The largest absolute Gasteiger partial charge is 0.416 e. The molecule has 0 spiro atoms. The second-order valence-corrected chi connectivity index (χ2v) is 9.48. The fraction of sp³-hybridized carbons (Fsp3) is 0.345. The fourth-order valence-electron chi connectivity index (χ4n) is 5.09. The van der Waals surface area contributed by atoms with Crippen LogP contribution in [0.4, 0.5) is 26.3 Å². The second kappa shape index (κ2) is 11.2. The van der Waals surface area contributed by atoms with Crippen LogP contribution in [0.25, 0.3) is 0 Å². The number of hydrogen-bond acceptors (Lipinski definition) is 2. The number of rotatable bonds is 6. The van der Waals surface area contributed by atoms with Crippen LogP contribution in [0.5, 0.6) is 0 Å². The van der Waals surface area contributed by atoms with Gasteiger partial charge in [0.05, 0.1) is 23.8 Å². The fourth-order valence-corrected chi connectivity index (χ4v) is 5.09. The average Bonchev–Trinajstić information content (AvgIpc) is 2.88. The normalized spacial score (nSPS) is 18.6. The van der Waals surface area contributed by atoms with E-state index in [1.165, 1.54) is 6.92 Å². The lowest BCUT2D eigenvalue weighted by Gasteiger charge is -2.42. The summed E-state index contributed by atoms with van der Waals surface area (Å²) in [5.41, 5.74) is -1.02. The van der Waals surface area contributed by atoms with Gasteiger partial charge in [-0.1, -0.05) is 60.7 Å². The molecule has 1 heterocycles. The van der Waals surface area contributed by atoms with E-state index >= 15 is 0 Å². The molecule has 0 bridgehead atoms. The van der Waals surface area contributed by atoms with Crippen LogP contribution in [0.15, 0.2) is 78.9 Å². The van der Waals surface area contributed by atoms with Crippen LogP contribution >= 0.6 is 0 Å². The molecule has 1 aliphatic rings. The number of carbonyl (C=O) groups excluding carboxylic acids is 1. The predicted molar refractivity (Wildman–Crippen MR) is 130 cm³/mol. The SMILES string of the molecule is CC(=O)N1CCC(OCc2cc(C(F)(F)F)cc(C(F)(F)F)c2)C(C(c2ccccc2)c2ccccc2)C1. The molecule has 9 heteroatoms. The van der Waals surface area contributed by atoms with Gasteiger partial charge < -0.3 is 9.64 Å². The van der Waals surface area contributed by atoms with Gasteiger partial charge in [-0.15, -0.1) is 0 Å². The summed E-state index contributed by atoms with van der Waals surface area (Å²) in [5, 5.41) is 0. The van der Waals surface area contributed by atoms with Gasteiger partial charge in [0.15, 0.2) is 0 Å². The van der Waals surface area contributed by atoms with E-state index in [2.05, 4.69) is 0 Å². The predicted octanol–water partition coefficient (Wildman–Crippen LogP) is 7.31. The molecule has 0 saturated carbocycles. The molecule has 1 aliphatic heterocycles. The van der Waals surface area contributed by atoms with E-state index in [0.717, 1.165) is 11.1 Å². The van der Waals surface area contributed by atoms with E-state index in [-0.39, 0.29) is 29.4 Å². The lowest BCUT2D eigenvalue weighted by atomic mass is 9.75. The Kier molecular flexibility index (Phi) is 8.16. The van der Waals surface area contributed by atoms with Crippen molar-refractivity contribution >= 4 is 5.91 Å². The molecule has 3 aromatic carbocycles. The van der Waals surface area contributed by atoms with Crippen LogP contribution in [-0.4, -0.2) is 30.0 Å². The highest BCUT2D eigenvalue weighted by molar-refractivity contribution is 5.73. The van der Waals surface area contributed by atoms with E-state index < -0.39 is 36.2 Å². The zero-order valence-corrected chi connectivity index (χ0v) is 20.6. The number of ether oxygens (including phenoxy) is 1. The van der Waals surface area contributed by atoms with E-state index in [0.29, 0.717) is 31.6 Å². The zero-order chi connectivity index (χ0) is 27.5. The summed E-state index contributed by atoms with van der Waals surface area (Å²) in [6.45, 7) is 1.76. The molecule has 38 heavy (non-hydrogen) atoms. The van der Waals surface area contributed by atoms with Crippen molar-refractivity contribution in [2.75, 3.05) is 13.1 Å². The summed E-state index contributed by atoms with van der Waals surface area (Å²) in [6.07, 6.45) is -9.99. The second-order valence-electron chi connectivity index (χ2n) is 9.48. The van der Waals surface area contributed by atoms with E-state index in [1.807, 2.05) is 60.7 Å². The number of benzene rings is 3. The number of hydrogen-bond donors (Lipinski definition) is 0. The van der Waals surface area contributed by atoms with Gasteiger partial charge in [-0.3, -0.25) is 4.79 Å². The van der Waals surface area contributed by atoms with Crippen LogP contribution < -0.4 is 0 Å². The van der Waals surface area contributed by atoms with Crippen LogP contribution in [0.1, 0.15) is 47.1 Å². The number of alkyl halides is 6. The van der Waals surface area contributed by atoms with Gasteiger partial charge in [0.25, 0.3) is 0 Å². The molecule has 0 N–H and O–H groups in total. The minimum absolute atomic E-state index is 0.110. The van der Waals surface area contributed by atoms with Gasteiger partial charge in [0.1, 0.15) is 0 Å². The maximum Gasteiger partial charge on any atom is 0.416 e. The molecule has 1 fully saturated rings. The molecule has 1 amide bonds. The summed E-state index contributed by atoms with van der Waals surface area (Å²) >= 11 is 0. The Hall–Kier alpha value is -3.33. The van der Waals surface area contributed by atoms with Crippen molar-refractivity contribution in [3.63, 3.8) is 0 Å². The lowest BCUT2D eigenvalue weighted by Crippen LogP contribution is -2.48. The Labute approximate surface area is 217 Å². The van der Waals surface area contributed by atoms with Gasteiger partial charge in [-0.2, -0.15) is 26.3 Å². The van der Waals surface area contributed by atoms with Crippen molar-refractivity contribution in [1.29, 1.82) is 0 Å². The Morgan fingerprint density at radius 3 is 1.82 bits per heavy atom. The molecule has 3 nitrogen and oxygen atoms in total. The van der Waals surface area contributed by atoms with Crippen molar-refractivity contribution < 1.29 is 35.9 Å². The topological polar surface area (TPSA) is 29.5 Å². The van der Waals surface area contributed by atoms with Crippen LogP contribution in [0.3, 0.4) is 0 Å². The van der Waals surface area contributed by atoms with Crippen molar-refractivity contribution in [3.05, 3.63) is 107 Å². The molecular formula is C29H27F6NO2. The highest BCUT2D eigenvalue weighted by Crippen LogP contribution is 2.40. The zero-order valence-electron chi connectivity index (χ0n) is 20.6. The summed E-state index contributed by atoms with van der Waals surface area (Å²) in [7, 11) is 0. The first-order valence-corrected chi connectivity index (χ1v) is 12.2. The van der Waals surface area contributed by atoms with Crippen LogP contribution in [0, 0.1) is 5.92 Å². The minimum atomic E-state index is -4.93. The molecule has 3 aromatic rings. The summed E-state index contributed by atoms with van der Waals surface area (Å²) in [6, 6.07) is 20.7. The Morgan fingerprint density at radius 1 is 0.868 bits per heavy atom. The molecule has 0 aliphatic carbocycles. The highest BCUT2D eigenvalue weighted by Gasteiger charge is 2.39. The third-order valence-corrected chi connectivity index (χ3v) is 6.89.